The Bertz CT molecular complexity index is 466. The molecule has 1 fully saturated rings. The molecular formula is C14H25ClN4O. The van der Waals surface area contributed by atoms with Crippen LogP contribution in [0.2, 0.25) is 0 Å². The number of aryl methyl sites for hydroxylation is 1. The van der Waals surface area contributed by atoms with E-state index in [1.807, 2.05) is 31.8 Å². The zero-order chi connectivity index (χ0) is 14.0. The highest BCUT2D eigenvalue weighted by Gasteiger charge is 2.39. The van der Waals surface area contributed by atoms with Crippen LogP contribution in [-0.2, 0) is 11.8 Å². The zero-order valence-corrected chi connectivity index (χ0v) is 13.5. The molecular weight excluding hydrogens is 276 g/mol. The monoisotopic (exact) mass is 300 g/mol. The molecule has 0 aromatic carbocycles. The minimum Gasteiger partial charge on any atom is -0.348 e. The van der Waals surface area contributed by atoms with E-state index in [-0.39, 0.29) is 29.9 Å². The molecule has 20 heavy (non-hydrogen) atoms. The summed E-state index contributed by atoms with van der Waals surface area (Å²) in [6.45, 7) is 7.04. The lowest BCUT2D eigenvalue weighted by molar-refractivity contribution is -0.128. The molecule has 0 bridgehead atoms. The lowest BCUT2D eigenvalue weighted by Gasteiger charge is -2.28. The summed E-state index contributed by atoms with van der Waals surface area (Å²) in [5.74, 6) is 0.114. The van der Waals surface area contributed by atoms with Gasteiger partial charge in [-0.1, -0.05) is 6.92 Å². The molecule has 5 nitrogen and oxygen atoms in total. The molecule has 2 unspecified atom stereocenters. The summed E-state index contributed by atoms with van der Waals surface area (Å²) in [7, 11) is 1.92. The third kappa shape index (κ3) is 2.99. The molecule has 1 aliphatic heterocycles. The molecule has 0 aliphatic carbocycles. The van der Waals surface area contributed by atoms with Crippen molar-refractivity contribution in [2.24, 2.45) is 7.05 Å². The number of nitrogens with one attached hydrogen (secondary N) is 2. The number of amides is 1. The van der Waals surface area contributed by atoms with Gasteiger partial charge in [-0.25, -0.2) is 0 Å². The second-order valence-corrected chi connectivity index (χ2v) is 5.47. The van der Waals surface area contributed by atoms with Gasteiger partial charge in [-0.3, -0.25) is 9.48 Å². The fourth-order valence-electron chi connectivity index (χ4n) is 2.82. The maximum absolute atomic E-state index is 12.5. The average molecular weight is 301 g/mol. The molecule has 1 amide bonds. The first-order valence-corrected chi connectivity index (χ1v) is 7.04. The third-order valence-corrected chi connectivity index (χ3v) is 4.37. The molecule has 0 saturated carbocycles. The number of rotatable bonds is 4. The number of carbonyl (C=O) groups excluding carboxylic acids is 1. The Balaban J connectivity index is 0.00000200. The van der Waals surface area contributed by atoms with Crippen molar-refractivity contribution < 1.29 is 4.79 Å². The van der Waals surface area contributed by atoms with Crippen molar-refractivity contribution in [2.45, 2.75) is 51.6 Å². The number of aromatic nitrogens is 2. The molecule has 6 heteroatoms. The minimum absolute atomic E-state index is 0. The van der Waals surface area contributed by atoms with E-state index in [9.17, 15) is 4.79 Å². The van der Waals surface area contributed by atoms with Crippen molar-refractivity contribution in [3.05, 3.63) is 17.5 Å². The van der Waals surface area contributed by atoms with Gasteiger partial charge >= 0.3 is 0 Å². The summed E-state index contributed by atoms with van der Waals surface area (Å²) in [5.41, 5.74) is 1.81. The van der Waals surface area contributed by atoms with Gasteiger partial charge in [0.05, 0.1) is 17.8 Å². The van der Waals surface area contributed by atoms with Gasteiger partial charge < -0.3 is 10.6 Å². The van der Waals surface area contributed by atoms with E-state index < -0.39 is 0 Å². The van der Waals surface area contributed by atoms with Crippen molar-refractivity contribution >= 4 is 18.3 Å². The topological polar surface area (TPSA) is 59.0 Å². The molecule has 114 valence electrons. The largest absolute Gasteiger partial charge is 0.348 e. The number of hydrogen-bond donors (Lipinski definition) is 2. The van der Waals surface area contributed by atoms with Gasteiger partial charge in [0.1, 0.15) is 0 Å². The Kier molecular flexibility index (Phi) is 5.59. The molecule has 1 aromatic rings. The molecule has 1 aromatic heterocycles. The van der Waals surface area contributed by atoms with Gasteiger partial charge in [-0.2, -0.15) is 5.10 Å². The van der Waals surface area contributed by atoms with E-state index >= 15 is 0 Å². The Morgan fingerprint density at radius 3 is 2.80 bits per heavy atom. The smallest absolute Gasteiger partial charge is 0.240 e. The molecule has 1 aliphatic rings. The van der Waals surface area contributed by atoms with Gasteiger partial charge in [0.2, 0.25) is 5.91 Å². The van der Waals surface area contributed by atoms with E-state index in [4.69, 9.17) is 0 Å². The fourth-order valence-corrected chi connectivity index (χ4v) is 2.82. The normalized spacial score (nSPS) is 23.2. The van der Waals surface area contributed by atoms with Gasteiger partial charge in [0.15, 0.2) is 0 Å². The lowest BCUT2D eigenvalue weighted by Crippen LogP contribution is -2.53. The Morgan fingerprint density at radius 2 is 2.35 bits per heavy atom. The van der Waals surface area contributed by atoms with E-state index in [0.717, 1.165) is 37.1 Å². The summed E-state index contributed by atoms with van der Waals surface area (Å²) in [4.78, 5) is 12.5. The lowest BCUT2D eigenvalue weighted by atomic mass is 9.92. The Labute approximate surface area is 126 Å². The first kappa shape index (κ1) is 17.0. The molecule has 2 rings (SSSR count). The zero-order valence-electron chi connectivity index (χ0n) is 12.7. The minimum atomic E-state index is -0.371. The van der Waals surface area contributed by atoms with E-state index in [1.165, 1.54) is 0 Å². The summed E-state index contributed by atoms with van der Waals surface area (Å²) < 4.78 is 1.83. The molecule has 1 saturated heterocycles. The van der Waals surface area contributed by atoms with Crippen LogP contribution in [0.4, 0.5) is 0 Å². The maximum atomic E-state index is 12.5. The van der Waals surface area contributed by atoms with Crippen LogP contribution in [0.3, 0.4) is 0 Å². The first-order chi connectivity index (χ1) is 9.00. The molecule has 0 radical (unpaired) electrons. The highest BCUT2D eigenvalue weighted by atomic mass is 35.5. The number of nitrogens with zero attached hydrogens (tertiary/aromatic N) is 2. The fraction of sp³-hybridized carbons (Fsp3) is 0.714. The first-order valence-electron chi connectivity index (χ1n) is 7.04. The average Bonchev–Trinajstić information content (AvgIpc) is 2.99. The molecule has 2 N–H and O–H groups in total. The highest BCUT2D eigenvalue weighted by Crippen LogP contribution is 2.25. The van der Waals surface area contributed by atoms with Crippen molar-refractivity contribution in [3.8, 4) is 0 Å². The summed E-state index contributed by atoms with van der Waals surface area (Å²) in [5, 5.41) is 10.7. The van der Waals surface area contributed by atoms with Crippen LogP contribution < -0.4 is 10.6 Å². The van der Waals surface area contributed by atoms with E-state index in [2.05, 4.69) is 22.7 Å². The van der Waals surface area contributed by atoms with E-state index in [1.54, 1.807) is 0 Å². The highest BCUT2D eigenvalue weighted by molar-refractivity contribution is 5.87. The summed E-state index contributed by atoms with van der Waals surface area (Å²) >= 11 is 0. The number of hydrogen-bond acceptors (Lipinski definition) is 3. The SMILES string of the molecule is CCC1(C(=O)NC(C)c2cnn(C)c2C)CCCN1.Cl. The van der Waals surface area contributed by atoms with Gasteiger partial charge in [-0.15, -0.1) is 12.4 Å². The van der Waals surface area contributed by atoms with Gasteiger partial charge in [-0.05, 0) is 39.7 Å². The van der Waals surface area contributed by atoms with Crippen LogP contribution in [0.5, 0.6) is 0 Å². The standard InChI is InChI=1S/C14H24N4O.ClH/c1-5-14(7-6-8-15-14)13(19)17-10(2)12-9-16-18(4)11(12)3;/h9-10,15H,5-8H2,1-4H3,(H,17,19);1H. The van der Waals surface area contributed by atoms with Gasteiger partial charge in [0.25, 0.3) is 0 Å². The van der Waals surface area contributed by atoms with Gasteiger partial charge in [0, 0.05) is 18.3 Å². The summed E-state index contributed by atoms with van der Waals surface area (Å²) in [6, 6.07) is -0.00738. The number of carbonyl (C=O) groups is 1. The van der Waals surface area contributed by atoms with Crippen LogP contribution in [-0.4, -0.2) is 27.8 Å². The second kappa shape index (κ2) is 6.59. The van der Waals surface area contributed by atoms with Crippen molar-refractivity contribution in [3.63, 3.8) is 0 Å². The number of halogens is 1. The predicted molar refractivity (Wildman–Crippen MR) is 82.0 cm³/mol. The predicted octanol–water partition coefficient (Wildman–Crippen LogP) is 1.86. The van der Waals surface area contributed by atoms with Crippen LogP contribution in [0.1, 0.15) is 50.4 Å². The summed E-state index contributed by atoms with van der Waals surface area (Å²) in [6.07, 6.45) is 4.66. The third-order valence-electron chi connectivity index (χ3n) is 4.37. The van der Waals surface area contributed by atoms with Crippen LogP contribution in [0.25, 0.3) is 0 Å². The van der Waals surface area contributed by atoms with Crippen molar-refractivity contribution in [2.75, 3.05) is 6.54 Å². The van der Waals surface area contributed by atoms with Crippen molar-refractivity contribution in [1.29, 1.82) is 0 Å². The van der Waals surface area contributed by atoms with Crippen molar-refractivity contribution in [1.82, 2.24) is 20.4 Å². The maximum Gasteiger partial charge on any atom is 0.240 e. The van der Waals surface area contributed by atoms with Crippen LogP contribution in [0, 0.1) is 6.92 Å². The molecule has 2 heterocycles. The second-order valence-electron chi connectivity index (χ2n) is 5.47. The van der Waals surface area contributed by atoms with Crippen LogP contribution in [0.15, 0.2) is 6.20 Å². The Hall–Kier alpha value is -1.07. The molecule has 2 atom stereocenters. The van der Waals surface area contributed by atoms with E-state index in [0.29, 0.717) is 0 Å². The Morgan fingerprint density at radius 1 is 1.65 bits per heavy atom. The van der Waals surface area contributed by atoms with Crippen LogP contribution >= 0.6 is 12.4 Å². The molecule has 0 spiro atoms. The quantitative estimate of drug-likeness (QED) is 0.892.